The first kappa shape index (κ1) is 10.5. The standard InChI is InChI=1S/C14H18O/c1-3-12-9-10-14(2,11-12)15-13-7-5-4-6-8-13/h4-8,10,12H,1,3,9,11H2,2H3. The Bertz CT molecular complexity index is 306. The van der Waals surface area contributed by atoms with Gasteiger partial charge in [0.1, 0.15) is 11.4 Å². The van der Waals surface area contributed by atoms with Crippen molar-refractivity contribution in [2.75, 3.05) is 0 Å². The Morgan fingerprint density at radius 2 is 2.13 bits per heavy atom. The van der Waals surface area contributed by atoms with E-state index in [4.69, 9.17) is 4.74 Å². The zero-order chi connectivity index (χ0) is 10.7. The van der Waals surface area contributed by atoms with Crippen LogP contribution in [0.15, 0.2) is 30.3 Å². The second kappa shape index (κ2) is 4.26. The van der Waals surface area contributed by atoms with Crippen LogP contribution in [0.25, 0.3) is 0 Å². The maximum atomic E-state index is 6.01. The van der Waals surface area contributed by atoms with Crippen LogP contribution in [0.4, 0.5) is 0 Å². The number of hydrogen-bond acceptors (Lipinski definition) is 1. The Morgan fingerprint density at radius 3 is 2.73 bits per heavy atom. The van der Waals surface area contributed by atoms with E-state index in [1.165, 1.54) is 0 Å². The lowest BCUT2D eigenvalue weighted by atomic mass is 10.0. The van der Waals surface area contributed by atoms with Gasteiger partial charge in [-0.05, 0) is 37.8 Å². The predicted molar refractivity (Wildman–Crippen MR) is 62.5 cm³/mol. The average Bonchev–Trinajstić information content (AvgIpc) is 2.61. The SMILES string of the molecule is [CH2]CC1C[CH]C(C)(Oc2ccccc2)C1. The normalized spacial score (nSPS) is 30.4. The largest absolute Gasteiger partial charge is 0.487 e. The highest BCUT2D eigenvalue weighted by Gasteiger charge is 2.36. The third-order valence-electron chi connectivity index (χ3n) is 3.08. The molecule has 1 nitrogen and oxygen atoms in total. The molecule has 80 valence electrons. The van der Waals surface area contributed by atoms with Gasteiger partial charge in [-0.3, -0.25) is 0 Å². The van der Waals surface area contributed by atoms with E-state index in [9.17, 15) is 0 Å². The summed E-state index contributed by atoms with van der Waals surface area (Å²) in [7, 11) is 0. The molecular weight excluding hydrogens is 184 g/mol. The van der Waals surface area contributed by atoms with Gasteiger partial charge in [-0.15, -0.1) is 0 Å². The summed E-state index contributed by atoms with van der Waals surface area (Å²) in [6, 6.07) is 10.0. The molecule has 1 aromatic rings. The molecule has 0 aromatic heterocycles. The summed E-state index contributed by atoms with van der Waals surface area (Å²) in [4.78, 5) is 0. The van der Waals surface area contributed by atoms with Crippen LogP contribution in [-0.2, 0) is 0 Å². The van der Waals surface area contributed by atoms with Crippen molar-refractivity contribution >= 4 is 0 Å². The minimum atomic E-state index is -0.0935. The van der Waals surface area contributed by atoms with Gasteiger partial charge >= 0.3 is 0 Å². The van der Waals surface area contributed by atoms with E-state index in [0.717, 1.165) is 25.0 Å². The molecule has 2 rings (SSSR count). The second-order valence-electron chi connectivity index (χ2n) is 4.53. The first-order chi connectivity index (χ1) is 7.22. The maximum absolute atomic E-state index is 6.01. The van der Waals surface area contributed by atoms with Crippen LogP contribution in [0, 0.1) is 19.3 Å². The van der Waals surface area contributed by atoms with Crippen LogP contribution in [0.5, 0.6) is 5.75 Å². The van der Waals surface area contributed by atoms with Crippen LogP contribution in [0.1, 0.15) is 26.2 Å². The van der Waals surface area contributed by atoms with Crippen LogP contribution in [-0.4, -0.2) is 5.60 Å². The maximum Gasteiger partial charge on any atom is 0.120 e. The van der Waals surface area contributed by atoms with Crippen molar-refractivity contribution in [2.24, 2.45) is 5.92 Å². The van der Waals surface area contributed by atoms with Crippen LogP contribution < -0.4 is 4.74 Å². The van der Waals surface area contributed by atoms with Crippen molar-refractivity contribution in [3.8, 4) is 5.75 Å². The molecule has 1 aromatic carbocycles. The van der Waals surface area contributed by atoms with E-state index >= 15 is 0 Å². The summed E-state index contributed by atoms with van der Waals surface area (Å²) in [5.41, 5.74) is -0.0935. The lowest BCUT2D eigenvalue weighted by Crippen LogP contribution is -2.29. The van der Waals surface area contributed by atoms with Crippen LogP contribution >= 0.6 is 0 Å². The molecule has 2 unspecified atom stereocenters. The van der Waals surface area contributed by atoms with Gasteiger partial charge in [-0.25, -0.2) is 0 Å². The highest BCUT2D eigenvalue weighted by molar-refractivity contribution is 5.23. The van der Waals surface area contributed by atoms with Crippen molar-refractivity contribution in [3.63, 3.8) is 0 Å². The summed E-state index contributed by atoms with van der Waals surface area (Å²) in [6.45, 7) is 6.13. The Balaban J connectivity index is 2.00. The van der Waals surface area contributed by atoms with Crippen molar-refractivity contribution in [1.29, 1.82) is 0 Å². The molecule has 1 heteroatoms. The molecule has 0 saturated heterocycles. The van der Waals surface area contributed by atoms with E-state index in [2.05, 4.69) is 20.3 Å². The van der Waals surface area contributed by atoms with E-state index < -0.39 is 0 Å². The molecule has 0 amide bonds. The smallest absolute Gasteiger partial charge is 0.120 e. The van der Waals surface area contributed by atoms with Crippen LogP contribution in [0.2, 0.25) is 0 Å². The Hall–Kier alpha value is -0.980. The van der Waals surface area contributed by atoms with Gasteiger partial charge in [0.2, 0.25) is 0 Å². The summed E-state index contributed by atoms with van der Waals surface area (Å²) >= 11 is 0. The molecule has 1 saturated carbocycles. The Morgan fingerprint density at radius 1 is 1.40 bits per heavy atom. The number of para-hydroxylation sites is 1. The minimum Gasteiger partial charge on any atom is -0.487 e. The van der Waals surface area contributed by atoms with E-state index in [1.807, 2.05) is 30.3 Å². The van der Waals surface area contributed by atoms with Gasteiger partial charge < -0.3 is 4.74 Å². The van der Waals surface area contributed by atoms with Gasteiger partial charge in [0.15, 0.2) is 0 Å². The second-order valence-corrected chi connectivity index (χ2v) is 4.53. The molecule has 0 bridgehead atoms. The summed E-state index contributed by atoms with van der Waals surface area (Å²) in [5, 5.41) is 0. The van der Waals surface area contributed by atoms with E-state index in [-0.39, 0.29) is 5.60 Å². The fourth-order valence-corrected chi connectivity index (χ4v) is 2.22. The van der Waals surface area contributed by atoms with Gasteiger partial charge in [0.25, 0.3) is 0 Å². The first-order valence-electron chi connectivity index (χ1n) is 5.59. The predicted octanol–water partition coefficient (Wildman–Crippen LogP) is 3.66. The summed E-state index contributed by atoms with van der Waals surface area (Å²) < 4.78 is 6.01. The molecule has 0 heterocycles. The molecule has 2 atom stereocenters. The van der Waals surface area contributed by atoms with E-state index in [1.54, 1.807) is 0 Å². The van der Waals surface area contributed by atoms with Crippen molar-refractivity contribution in [3.05, 3.63) is 43.7 Å². The first-order valence-corrected chi connectivity index (χ1v) is 5.59. The summed E-state index contributed by atoms with van der Waals surface area (Å²) in [6.07, 6.45) is 5.51. The molecule has 0 spiro atoms. The lowest BCUT2D eigenvalue weighted by molar-refractivity contribution is 0.123. The minimum absolute atomic E-state index is 0.0935. The number of ether oxygens (including phenoxy) is 1. The Kier molecular flexibility index (Phi) is 2.99. The third-order valence-corrected chi connectivity index (χ3v) is 3.08. The quantitative estimate of drug-likeness (QED) is 0.726. The fourth-order valence-electron chi connectivity index (χ4n) is 2.22. The molecule has 2 radical (unpaired) electrons. The lowest BCUT2D eigenvalue weighted by Gasteiger charge is -2.26. The highest BCUT2D eigenvalue weighted by Crippen LogP contribution is 2.38. The fraction of sp³-hybridized carbons (Fsp3) is 0.429. The average molecular weight is 202 g/mol. The van der Waals surface area contributed by atoms with Crippen molar-refractivity contribution < 1.29 is 4.74 Å². The van der Waals surface area contributed by atoms with Crippen molar-refractivity contribution in [1.82, 2.24) is 0 Å². The molecule has 0 aliphatic heterocycles. The van der Waals surface area contributed by atoms with Crippen molar-refractivity contribution in [2.45, 2.75) is 31.8 Å². The molecule has 0 N–H and O–H groups in total. The Labute approximate surface area is 92.5 Å². The zero-order valence-electron chi connectivity index (χ0n) is 9.28. The molecule has 15 heavy (non-hydrogen) atoms. The number of benzene rings is 1. The monoisotopic (exact) mass is 202 g/mol. The van der Waals surface area contributed by atoms with Gasteiger partial charge in [-0.2, -0.15) is 0 Å². The topological polar surface area (TPSA) is 9.23 Å². The zero-order valence-corrected chi connectivity index (χ0v) is 9.28. The van der Waals surface area contributed by atoms with Gasteiger partial charge in [0, 0.05) is 6.42 Å². The van der Waals surface area contributed by atoms with Gasteiger partial charge in [0.05, 0.1) is 0 Å². The molecule has 1 aliphatic rings. The van der Waals surface area contributed by atoms with Crippen LogP contribution in [0.3, 0.4) is 0 Å². The highest BCUT2D eigenvalue weighted by atomic mass is 16.5. The molecule has 1 fully saturated rings. The summed E-state index contributed by atoms with van der Waals surface area (Å²) in [5.74, 6) is 1.65. The number of rotatable bonds is 3. The number of hydrogen-bond donors (Lipinski definition) is 0. The molecule has 1 aliphatic carbocycles. The molecular formula is C14H18O. The van der Waals surface area contributed by atoms with Gasteiger partial charge in [-0.1, -0.05) is 31.5 Å². The van der Waals surface area contributed by atoms with E-state index in [0.29, 0.717) is 5.92 Å². The third kappa shape index (κ3) is 2.53.